The van der Waals surface area contributed by atoms with Crippen LogP contribution in [0.1, 0.15) is 55.1 Å². The van der Waals surface area contributed by atoms with E-state index in [0.29, 0.717) is 16.7 Å². The molecule has 3 aromatic heterocycles. The number of benzene rings is 1. The van der Waals surface area contributed by atoms with Gasteiger partial charge in [-0.1, -0.05) is 25.3 Å². The Labute approximate surface area is 238 Å². The number of alkyl halides is 1. The van der Waals surface area contributed by atoms with Gasteiger partial charge in [0.15, 0.2) is 5.69 Å². The number of halogens is 1. The number of hydrogen-bond acceptors (Lipinski definition) is 7. The van der Waals surface area contributed by atoms with Gasteiger partial charge in [0, 0.05) is 23.4 Å². The van der Waals surface area contributed by atoms with Crippen LogP contribution in [0.15, 0.2) is 47.5 Å². The van der Waals surface area contributed by atoms with Crippen LogP contribution in [-0.2, 0) is 16.1 Å². The van der Waals surface area contributed by atoms with Crippen LogP contribution < -0.4 is 16.6 Å². The van der Waals surface area contributed by atoms with Gasteiger partial charge in [0.1, 0.15) is 24.6 Å². The van der Waals surface area contributed by atoms with Crippen LogP contribution in [-0.4, -0.2) is 71.1 Å². The van der Waals surface area contributed by atoms with Crippen molar-refractivity contribution in [2.75, 3.05) is 11.9 Å². The van der Waals surface area contributed by atoms with Gasteiger partial charge in [-0.25, -0.2) is 4.39 Å². The van der Waals surface area contributed by atoms with Crippen LogP contribution in [0.3, 0.4) is 0 Å². The number of nitrogens with two attached hydrogens (primary N) is 1. The summed E-state index contributed by atoms with van der Waals surface area (Å²) in [5.74, 6) is -1.59. The number of likely N-dealkylation sites (tertiary alicyclic amines) is 1. The molecule has 1 aromatic carbocycles. The Morgan fingerprint density at radius 1 is 1.07 bits per heavy atom. The number of aromatic nitrogens is 6. The monoisotopic (exact) mass is 575 g/mol. The van der Waals surface area contributed by atoms with E-state index in [-0.39, 0.29) is 36.8 Å². The molecule has 6 rings (SSSR count). The molecule has 1 aliphatic carbocycles. The van der Waals surface area contributed by atoms with Crippen LogP contribution in [0, 0.1) is 0 Å². The first kappa shape index (κ1) is 27.3. The van der Waals surface area contributed by atoms with Crippen molar-refractivity contribution in [2.24, 2.45) is 5.73 Å². The first-order chi connectivity index (χ1) is 20.3. The summed E-state index contributed by atoms with van der Waals surface area (Å²) in [6.45, 7) is -0.603. The molecule has 0 radical (unpaired) electrons. The summed E-state index contributed by atoms with van der Waals surface area (Å²) < 4.78 is 17.6. The number of H-pyrrole nitrogens is 1. The minimum absolute atomic E-state index is 0.0195. The quantitative estimate of drug-likeness (QED) is 0.303. The van der Waals surface area contributed by atoms with E-state index in [1.54, 1.807) is 41.3 Å². The summed E-state index contributed by atoms with van der Waals surface area (Å²) in [5, 5.41) is 17.9. The van der Waals surface area contributed by atoms with Gasteiger partial charge >= 0.3 is 0 Å². The third-order valence-electron chi connectivity index (χ3n) is 8.01. The summed E-state index contributed by atoms with van der Waals surface area (Å²) in [6, 6.07) is 7.26. The van der Waals surface area contributed by atoms with E-state index >= 15 is 0 Å². The van der Waals surface area contributed by atoms with E-state index in [1.807, 2.05) is 0 Å². The normalized spacial score (nSPS) is 19.3. The van der Waals surface area contributed by atoms with Crippen molar-refractivity contribution in [3.63, 3.8) is 0 Å². The second-order valence-electron chi connectivity index (χ2n) is 10.8. The number of fused-ring (bicyclic) bond motifs is 1. The van der Waals surface area contributed by atoms with Crippen LogP contribution in [0.4, 0.5) is 10.2 Å². The smallest absolute Gasteiger partial charge is 0.269 e. The zero-order valence-corrected chi connectivity index (χ0v) is 22.7. The predicted octanol–water partition coefficient (Wildman–Crippen LogP) is 2.16. The maximum absolute atomic E-state index is 14.6. The molecule has 1 saturated carbocycles. The van der Waals surface area contributed by atoms with Gasteiger partial charge < -0.3 is 16.0 Å². The molecule has 2 aliphatic rings. The lowest BCUT2D eigenvalue weighted by atomic mass is 9.96. The molecule has 13 nitrogen and oxygen atoms in total. The molecule has 4 heterocycles. The van der Waals surface area contributed by atoms with Crippen molar-refractivity contribution >= 4 is 34.4 Å². The van der Waals surface area contributed by atoms with Crippen LogP contribution in [0.5, 0.6) is 0 Å². The van der Waals surface area contributed by atoms with Gasteiger partial charge in [-0.3, -0.25) is 33.6 Å². The highest BCUT2D eigenvalue weighted by atomic mass is 19.1. The maximum atomic E-state index is 14.6. The number of aromatic amines is 1. The SMILES string of the molecule is NC(=O)c1nn(CC(=O)N2CC(F)C[C@H]2C(=O)Nc2cc(=O)[nH]n2C2CCCCC2)c2ccc(-c3ccnnc3)cc12. The second-order valence-corrected chi connectivity index (χ2v) is 10.8. The van der Waals surface area contributed by atoms with Gasteiger partial charge in [-0.05, 0) is 36.6 Å². The first-order valence-electron chi connectivity index (χ1n) is 13.9. The molecule has 1 aliphatic heterocycles. The number of anilines is 1. The van der Waals surface area contributed by atoms with E-state index in [2.05, 4.69) is 25.7 Å². The van der Waals surface area contributed by atoms with Crippen molar-refractivity contribution in [1.82, 2.24) is 34.7 Å². The molecular weight excluding hydrogens is 545 g/mol. The number of carbonyl (C=O) groups is 3. The molecule has 2 atom stereocenters. The third-order valence-corrected chi connectivity index (χ3v) is 8.01. The number of amides is 3. The number of nitrogens with one attached hydrogen (secondary N) is 2. The average molecular weight is 576 g/mol. The van der Waals surface area contributed by atoms with Crippen molar-refractivity contribution < 1.29 is 18.8 Å². The standard InChI is InChI=1S/C28H30FN9O4/c29-18-11-22(28(42)33-23-12-24(39)34-38(23)19-4-2-1-3-5-19)36(14-18)25(40)15-37-21-7-6-16(17-8-9-31-32-13-17)10-20(21)26(35-37)27(30)41/h6-10,12-13,18-19,22H,1-5,11,14-15H2,(H2,30,41)(H,33,42)(H,34,39)/t18?,22-/m0/s1. The van der Waals surface area contributed by atoms with E-state index in [9.17, 15) is 23.6 Å². The molecule has 4 aromatic rings. The summed E-state index contributed by atoms with van der Waals surface area (Å²) in [6.07, 6.45) is 6.46. The fourth-order valence-electron chi connectivity index (χ4n) is 5.99. The Kier molecular flexibility index (Phi) is 7.27. The van der Waals surface area contributed by atoms with Crippen molar-refractivity contribution in [3.05, 3.63) is 58.8 Å². The van der Waals surface area contributed by atoms with Gasteiger partial charge in [0.2, 0.25) is 11.8 Å². The minimum atomic E-state index is -1.40. The Morgan fingerprint density at radius 2 is 1.88 bits per heavy atom. The van der Waals surface area contributed by atoms with Crippen LogP contribution in [0.25, 0.3) is 22.0 Å². The van der Waals surface area contributed by atoms with E-state index in [1.165, 1.54) is 15.6 Å². The Morgan fingerprint density at radius 3 is 2.62 bits per heavy atom. The van der Waals surface area contributed by atoms with Gasteiger partial charge in [-0.15, -0.1) is 0 Å². The molecule has 1 unspecified atom stereocenters. The van der Waals surface area contributed by atoms with Crippen molar-refractivity contribution in [3.8, 4) is 11.1 Å². The minimum Gasteiger partial charge on any atom is -0.364 e. The van der Waals surface area contributed by atoms with Gasteiger partial charge in [-0.2, -0.15) is 15.3 Å². The fourth-order valence-corrected chi connectivity index (χ4v) is 5.99. The molecule has 1 saturated heterocycles. The Balaban J connectivity index is 1.23. The van der Waals surface area contributed by atoms with Crippen LogP contribution >= 0.6 is 0 Å². The lowest BCUT2D eigenvalue weighted by molar-refractivity contribution is -0.137. The summed E-state index contributed by atoms with van der Waals surface area (Å²) in [5.41, 5.74) is 7.22. The lowest BCUT2D eigenvalue weighted by Crippen LogP contribution is -2.45. The van der Waals surface area contributed by atoms with Crippen LogP contribution in [0.2, 0.25) is 0 Å². The number of carbonyl (C=O) groups excluding carboxylic acids is 3. The molecule has 0 spiro atoms. The van der Waals surface area contributed by atoms with E-state index < -0.39 is 29.9 Å². The Hall–Kier alpha value is -4.88. The highest BCUT2D eigenvalue weighted by molar-refractivity contribution is 6.05. The lowest BCUT2D eigenvalue weighted by Gasteiger charge is -2.26. The zero-order chi connectivity index (χ0) is 29.4. The van der Waals surface area contributed by atoms with E-state index in [0.717, 1.165) is 43.2 Å². The number of nitrogens with zero attached hydrogens (tertiary/aromatic N) is 6. The molecule has 42 heavy (non-hydrogen) atoms. The highest BCUT2D eigenvalue weighted by Gasteiger charge is 2.40. The summed E-state index contributed by atoms with van der Waals surface area (Å²) in [4.78, 5) is 52.4. The predicted molar refractivity (Wildman–Crippen MR) is 150 cm³/mol. The Bertz CT molecular complexity index is 1710. The molecular formula is C28H30FN9O4. The first-order valence-corrected chi connectivity index (χ1v) is 13.9. The van der Waals surface area contributed by atoms with Crippen molar-refractivity contribution in [1.29, 1.82) is 0 Å². The molecule has 218 valence electrons. The molecule has 2 fully saturated rings. The third kappa shape index (κ3) is 5.27. The fraction of sp³-hybridized carbons (Fsp3) is 0.393. The average Bonchev–Trinajstić information content (AvgIpc) is 3.68. The number of rotatable bonds is 7. The zero-order valence-electron chi connectivity index (χ0n) is 22.7. The molecule has 0 bridgehead atoms. The summed E-state index contributed by atoms with van der Waals surface area (Å²) in [7, 11) is 0. The van der Waals surface area contributed by atoms with Gasteiger partial charge in [0.05, 0.1) is 30.5 Å². The van der Waals surface area contributed by atoms with E-state index in [4.69, 9.17) is 5.73 Å². The van der Waals surface area contributed by atoms with Gasteiger partial charge in [0.25, 0.3) is 11.5 Å². The molecule has 14 heteroatoms. The number of hydrogen-bond donors (Lipinski definition) is 3. The molecule has 3 amide bonds. The molecule has 4 N–H and O–H groups in total. The second kappa shape index (κ2) is 11.2. The number of primary amides is 1. The highest BCUT2D eigenvalue weighted by Crippen LogP contribution is 2.31. The van der Waals surface area contributed by atoms with Crippen molar-refractivity contribution in [2.45, 2.75) is 63.3 Å². The maximum Gasteiger partial charge on any atom is 0.269 e. The largest absolute Gasteiger partial charge is 0.364 e. The topological polar surface area (TPSA) is 174 Å². The summed E-state index contributed by atoms with van der Waals surface area (Å²) >= 11 is 0.